The van der Waals surface area contributed by atoms with Gasteiger partial charge in [0.2, 0.25) is 5.82 Å². The third kappa shape index (κ3) is 2.37. The van der Waals surface area contributed by atoms with E-state index < -0.39 is 56.6 Å². The molecule has 0 amide bonds. The van der Waals surface area contributed by atoms with Crippen molar-refractivity contribution in [2.24, 2.45) is 0 Å². The summed E-state index contributed by atoms with van der Waals surface area (Å²) in [4.78, 5) is 0. The first-order valence-electron chi connectivity index (χ1n) is 4.14. The highest BCUT2D eigenvalue weighted by molar-refractivity contribution is 6.42. The second kappa shape index (κ2) is 4.85. The van der Waals surface area contributed by atoms with Crippen LogP contribution in [0.3, 0.4) is 0 Å². The Hall–Kier alpha value is -1.05. The molecule has 0 spiro atoms. The highest BCUT2D eigenvalue weighted by Crippen LogP contribution is 2.24. The average molecular weight is 262 g/mol. The van der Waals surface area contributed by atoms with E-state index in [2.05, 4.69) is 0 Å². The molecule has 0 aliphatic carbocycles. The fourth-order valence-corrected chi connectivity index (χ4v) is 1.63. The molecule has 0 atom stereocenters. The Balaban J connectivity index is 3.18. The van der Waals surface area contributed by atoms with E-state index in [0.717, 1.165) is 0 Å². The summed E-state index contributed by atoms with van der Waals surface area (Å²) in [6.07, 6.45) is -0.852. The molecular formula is C8H5F7Si. The molecule has 1 aromatic rings. The molecule has 1 aromatic carbocycles. The van der Waals surface area contributed by atoms with Crippen molar-refractivity contribution in [3.8, 4) is 0 Å². The molecule has 90 valence electrons. The highest BCUT2D eigenvalue weighted by Gasteiger charge is 2.26. The summed E-state index contributed by atoms with van der Waals surface area (Å²) < 4.78 is 87.3. The first kappa shape index (κ1) is 13.0. The topological polar surface area (TPSA) is 0 Å². The second-order valence-corrected chi connectivity index (χ2v) is 4.34. The minimum atomic E-state index is -4.10. The van der Waals surface area contributed by atoms with Crippen molar-refractivity contribution < 1.29 is 30.2 Å². The molecule has 0 unspecified atom stereocenters. The molecule has 16 heavy (non-hydrogen) atoms. The first-order chi connectivity index (χ1) is 7.36. The largest absolute Gasteiger partial charge is 0.411 e. The lowest BCUT2D eigenvalue weighted by Gasteiger charge is -2.07. The van der Waals surface area contributed by atoms with Crippen LogP contribution in [0.1, 0.15) is 5.56 Å². The smallest absolute Gasteiger partial charge is 0.275 e. The van der Waals surface area contributed by atoms with E-state index in [4.69, 9.17) is 0 Å². The molecule has 0 saturated heterocycles. The lowest BCUT2D eigenvalue weighted by atomic mass is 10.1. The van der Waals surface area contributed by atoms with Crippen molar-refractivity contribution in [3.63, 3.8) is 0 Å². The van der Waals surface area contributed by atoms with E-state index in [-0.39, 0.29) is 0 Å². The molecule has 0 fully saturated rings. The minimum Gasteiger partial charge on any atom is -0.275 e. The van der Waals surface area contributed by atoms with Gasteiger partial charge >= 0.3 is 9.46 Å². The van der Waals surface area contributed by atoms with Crippen molar-refractivity contribution in [1.29, 1.82) is 0 Å². The monoisotopic (exact) mass is 262 g/mol. The van der Waals surface area contributed by atoms with Gasteiger partial charge in [0.1, 0.15) is 0 Å². The first-order valence-corrected chi connectivity index (χ1v) is 5.83. The van der Waals surface area contributed by atoms with E-state index in [9.17, 15) is 30.2 Å². The van der Waals surface area contributed by atoms with Gasteiger partial charge in [-0.2, -0.15) is 0 Å². The highest BCUT2D eigenvalue weighted by atomic mass is 28.4. The number of rotatable bonds is 3. The summed E-state index contributed by atoms with van der Waals surface area (Å²) in [5.74, 6) is -10.6. The van der Waals surface area contributed by atoms with Crippen LogP contribution in [-0.2, 0) is 6.42 Å². The molecule has 0 saturated carbocycles. The Morgan fingerprint density at radius 2 is 1.06 bits per heavy atom. The van der Waals surface area contributed by atoms with Crippen molar-refractivity contribution >= 4 is 9.46 Å². The number of hydrogen-bond donors (Lipinski definition) is 0. The van der Waals surface area contributed by atoms with Crippen molar-refractivity contribution in [1.82, 2.24) is 0 Å². The van der Waals surface area contributed by atoms with E-state index in [0.29, 0.717) is 0 Å². The molecule has 0 heterocycles. The van der Waals surface area contributed by atoms with E-state index >= 15 is 0 Å². The lowest BCUT2D eigenvalue weighted by Crippen LogP contribution is -2.09. The van der Waals surface area contributed by atoms with Crippen LogP contribution >= 0.6 is 0 Å². The van der Waals surface area contributed by atoms with Crippen LogP contribution in [0.25, 0.3) is 0 Å². The van der Waals surface area contributed by atoms with E-state index in [1.165, 1.54) is 0 Å². The van der Waals surface area contributed by atoms with Gasteiger partial charge in [0.25, 0.3) is 0 Å². The lowest BCUT2D eigenvalue weighted by molar-refractivity contribution is 0.370. The number of benzene rings is 1. The fourth-order valence-electron chi connectivity index (χ4n) is 1.12. The van der Waals surface area contributed by atoms with Crippen molar-refractivity contribution in [2.75, 3.05) is 0 Å². The Bertz CT molecular complexity index is 375. The molecule has 0 bridgehead atoms. The second-order valence-electron chi connectivity index (χ2n) is 2.98. The van der Waals surface area contributed by atoms with Gasteiger partial charge < -0.3 is 0 Å². The average Bonchev–Trinajstić information content (AvgIpc) is 2.23. The molecule has 0 aliphatic heterocycles. The normalized spacial score (nSPS) is 11.2. The van der Waals surface area contributed by atoms with Gasteiger partial charge in [-0.3, -0.25) is 8.22 Å². The quantitative estimate of drug-likeness (QED) is 0.258. The van der Waals surface area contributed by atoms with Gasteiger partial charge in [-0.05, 0) is 6.42 Å². The van der Waals surface area contributed by atoms with Crippen LogP contribution in [0.15, 0.2) is 0 Å². The van der Waals surface area contributed by atoms with E-state index in [1.54, 1.807) is 0 Å². The predicted molar refractivity (Wildman–Crippen MR) is 44.1 cm³/mol. The zero-order chi connectivity index (χ0) is 12.5. The SMILES string of the molecule is Fc1c(F)c(F)c(CC[SiH](F)F)c(F)c1F. The van der Waals surface area contributed by atoms with Gasteiger partial charge in [-0.25, -0.2) is 22.0 Å². The third-order valence-electron chi connectivity index (χ3n) is 1.91. The summed E-state index contributed by atoms with van der Waals surface area (Å²) in [7, 11) is -4.10. The minimum absolute atomic E-state index is 0.835. The molecule has 0 nitrogen and oxygen atoms in total. The Kier molecular flexibility index (Phi) is 3.95. The van der Waals surface area contributed by atoms with Gasteiger partial charge in [0, 0.05) is 11.6 Å². The van der Waals surface area contributed by atoms with Crippen LogP contribution < -0.4 is 0 Å². The molecular weight excluding hydrogens is 257 g/mol. The zero-order valence-electron chi connectivity index (χ0n) is 7.64. The molecule has 0 aliphatic rings. The van der Waals surface area contributed by atoms with Gasteiger partial charge in [0.05, 0.1) is 0 Å². The van der Waals surface area contributed by atoms with Gasteiger partial charge in [0.15, 0.2) is 23.3 Å². The standard InChI is InChI=1S/C8H5F7Si/c9-4-3(1-2-16(14)15)5(10)7(12)8(13)6(4)11/h16H,1-2H2. The van der Waals surface area contributed by atoms with Crippen LogP contribution in [0, 0.1) is 29.1 Å². The maximum absolute atomic E-state index is 12.9. The predicted octanol–water partition coefficient (Wildman–Crippen LogP) is 3.08. The summed E-state index contributed by atoms with van der Waals surface area (Å²) in [6.45, 7) is 0. The van der Waals surface area contributed by atoms with E-state index in [1.807, 2.05) is 0 Å². The van der Waals surface area contributed by atoms with Crippen LogP contribution in [0.2, 0.25) is 6.04 Å². The van der Waals surface area contributed by atoms with Crippen LogP contribution in [0.5, 0.6) is 0 Å². The Morgan fingerprint density at radius 1 is 0.688 bits per heavy atom. The number of halogens is 7. The third-order valence-corrected chi connectivity index (χ3v) is 2.64. The fraction of sp³-hybridized carbons (Fsp3) is 0.250. The molecule has 0 N–H and O–H groups in total. The molecule has 8 heteroatoms. The molecule has 0 aromatic heterocycles. The summed E-state index contributed by atoms with van der Waals surface area (Å²) >= 11 is 0. The Morgan fingerprint density at radius 3 is 1.44 bits per heavy atom. The summed E-state index contributed by atoms with van der Waals surface area (Å²) in [6, 6.07) is -0.835. The van der Waals surface area contributed by atoms with Gasteiger partial charge in [-0.15, -0.1) is 0 Å². The summed E-state index contributed by atoms with van der Waals surface area (Å²) in [5.41, 5.74) is -1.18. The summed E-state index contributed by atoms with van der Waals surface area (Å²) in [5, 5.41) is 0. The molecule has 0 radical (unpaired) electrons. The maximum Gasteiger partial charge on any atom is 0.411 e. The number of hydrogen-bond acceptors (Lipinski definition) is 0. The van der Waals surface area contributed by atoms with Crippen LogP contribution in [0.4, 0.5) is 30.2 Å². The van der Waals surface area contributed by atoms with Gasteiger partial charge in [-0.1, -0.05) is 0 Å². The van der Waals surface area contributed by atoms with Crippen molar-refractivity contribution in [3.05, 3.63) is 34.6 Å². The Labute approximate surface area is 87.6 Å². The van der Waals surface area contributed by atoms with Crippen LogP contribution in [-0.4, -0.2) is 9.46 Å². The maximum atomic E-state index is 12.9. The molecule has 1 rings (SSSR count). The zero-order valence-corrected chi connectivity index (χ0v) is 8.79. The van der Waals surface area contributed by atoms with Crippen molar-refractivity contribution in [2.45, 2.75) is 12.5 Å².